The van der Waals surface area contributed by atoms with Crippen molar-refractivity contribution in [1.29, 1.82) is 0 Å². The van der Waals surface area contributed by atoms with Gasteiger partial charge in [-0.1, -0.05) is 24.3 Å². The summed E-state index contributed by atoms with van der Waals surface area (Å²) < 4.78 is 10.5. The summed E-state index contributed by atoms with van der Waals surface area (Å²) >= 11 is 0. The minimum atomic E-state index is 0.672. The molecule has 3 aromatic carbocycles. The van der Waals surface area contributed by atoms with Crippen LogP contribution in [-0.4, -0.2) is 4.68 Å². The van der Waals surface area contributed by atoms with E-state index in [1.165, 1.54) is 10.9 Å². The molecule has 4 nitrogen and oxygen atoms in total. The largest absolute Gasteiger partial charge is 0.456 e. The zero-order valence-electron chi connectivity index (χ0n) is 13.2. The predicted molar refractivity (Wildman–Crippen MR) is 96.1 cm³/mol. The van der Waals surface area contributed by atoms with Crippen LogP contribution in [0.25, 0.3) is 43.4 Å². The van der Waals surface area contributed by atoms with Gasteiger partial charge in [0.25, 0.3) is 0 Å². The van der Waals surface area contributed by atoms with Gasteiger partial charge in [0.1, 0.15) is 22.4 Å². The van der Waals surface area contributed by atoms with Gasteiger partial charge >= 0.3 is 0 Å². The molecule has 0 radical (unpaired) electrons. The number of rotatable bonds is 0. The van der Waals surface area contributed by atoms with Crippen molar-refractivity contribution in [1.82, 2.24) is 4.68 Å². The van der Waals surface area contributed by atoms with Crippen LogP contribution in [0.1, 0.15) is 5.56 Å². The summed E-state index contributed by atoms with van der Waals surface area (Å²) in [6.07, 6.45) is 2.12. The molecule has 0 N–H and O–H groups in total. The first-order valence-electron chi connectivity index (χ1n) is 8.19. The van der Waals surface area contributed by atoms with Crippen molar-refractivity contribution in [3.63, 3.8) is 0 Å². The van der Waals surface area contributed by atoms with Crippen LogP contribution in [0, 0.1) is 6.57 Å². The average Bonchev–Trinajstić information content (AvgIpc) is 3.27. The molecule has 0 atom stereocenters. The molecular formula is C21H12N3O+. The molecule has 3 heterocycles. The molecule has 0 spiro atoms. The van der Waals surface area contributed by atoms with Crippen molar-refractivity contribution in [2.75, 3.05) is 0 Å². The molecular weight excluding hydrogens is 310 g/mol. The van der Waals surface area contributed by atoms with Crippen LogP contribution in [0.3, 0.4) is 0 Å². The van der Waals surface area contributed by atoms with Crippen molar-refractivity contribution >= 4 is 38.5 Å². The number of hydrogen-bond acceptors (Lipinski definition) is 1. The van der Waals surface area contributed by atoms with E-state index in [2.05, 4.69) is 38.6 Å². The third-order valence-electron chi connectivity index (χ3n) is 5.05. The highest BCUT2D eigenvalue weighted by Gasteiger charge is 2.29. The Hall–Kier alpha value is -3.58. The number of para-hydroxylation sites is 1. The molecule has 4 heteroatoms. The second kappa shape index (κ2) is 4.28. The van der Waals surface area contributed by atoms with Gasteiger partial charge in [-0.3, -0.25) is 0 Å². The fourth-order valence-corrected chi connectivity index (χ4v) is 3.95. The summed E-state index contributed by atoms with van der Waals surface area (Å²) in [5, 5.41) is 3.41. The molecule has 0 aliphatic carbocycles. The molecule has 0 bridgehead atoms. The van der Waals surface area contributed by atoms with E-state index in [-0.39, 0.29) is 0 Å². The van der Waals surface area contributed by atoms with Gasteiger partial charge in [0.2, 0.25) is 6.20 Å². The molecule has 25 heavy (non-hydrogen) atoms. The van der Waals surface area contributed by atoms with Gasteiger partial charge < -0.3 is 4.42 Å². The Kier molecular flexibility index (Phi) is 2.19. The number of furan rings is 1. The first-order valence-corrected chi connectivity index (χ1v) is 8.19. The molecule has 6 rings (SSSR count). The molecule has 0 unspecified atom stereocenters. The van der Waals surface area contributed by atoms with E-state index in [0.29, 0.717) is 5.69 Å². The van der Waals surface area contributed by atoms with Crippen LogP contribution in [0.5, 0.6) is 0 Å². The van der Waals surface area contributed by atoms with Gasteiger partial charge in [-0.15, -0.1) is 9.36 Å². The number of aromatic nitrogens is 2. The lowest BCUT2D eigenvalue weighted by Crippen LogP contribution is -2.36. The van der Waals surface area contributed by atoms with E-state index < -0.39 is 0 Å². The Labute approximate surface area is 142 Å². The topological polar surface area (TPSA) is 26.3 Å². The number of hydrogen-bond donors (Lipinski definition) is 0. The normalized spacial score (nSPS) is 12.6. The highest BCUT2D eigenvalue weighted by molar-refractivity contribution is 6.05. The first-order chi connectivity index (χ1) is 12.3. The summed E-state index contributed by atoms with van der Waals surface area (Å²) in [6.45, 7) is 8.02. The Morgan fingerprint density at radius 1 is 1.00 bits per heavy atom. The molecule has 0 saturated heterocycles. The number of nitrogens with zero attached hydrogens (tertiary/aromatic N) is 3. The maximum absolute atomic E-state index is 7.20. The summed E-state index contributed by atoms with van der Waals surface area (Å²) in [5.41, 5.74) is 6.06. The van der Waals surface area contributed by atoms with Gasteiger partial charge in [0.15, 0.2) is 12.2 Å². The Morgan fingerprint density at radius 3 is 2.84 bits per heavy atom. The minimum Gasteiger partial charge on any atom is -0.456 e. The van der Waals surface area contributed by atoms with Gasteiger partial charge in [-0.2, -0.15) is 0 Å². The molecule has 5 aromatic rings. The molecule has 0 amide bonds. The van der Waals surface area contributed by atoms with Crippen LogP contribution in [-0.2, 0) is 6.54 Å². The van der Waals surface area contributed by atoms with Crippen LogP contribution >= 0.6 is 0 Å². The zero-order chi connectivity index (χ0) is 16.5. The monoisotopic (exact) mass is 322 g/mol. The van der Waals surface area contributed by atoms with Crippen molar-refractivity contribution in [2.45, 2.75) is 6.54 Å². The van der Waals surface area contributed by atoms with E-state index >= 15 is 0 Å². The molecule has 116 valence electrons. The van der Waals surface area contributed by atoms with Gasteiger partial charge in [-0.25, -0.2) is 4.85 Å². The maximum Gasteiger partial charge on any atom is 0.203 e. The van der Waals surface area contributed by atoms with E-state index in [4.69, 9.17) is 11.0 Å². The summed E-state index contributed by atoms with van der Waals surface area (Å²) in [6, 6.07) is 18.4. The predicted octanol–water partition coefficient (Wildman–Crippen LogP) is 4.73. The van der Waals surface area contributed by atoms with Crippen LogP contribution < -0.4 is 4.68 Å². The highest BCUT2D eigenvalue weighted by atomic mass is 16.3. The Bertz CT molecular complexity index is 1380. The summed E-state index contributed by atoms with van der Waals surface area (Å²) in [5.74, 6) is 0. The quantitative estimate of drug-likeness (QED) is 0.293. The lowest BCUT2D eigenvalue weighted by Gasteiger charge is -1.99. The summed E-state index contributed by atoms with van der Waals surface area (Å²) in [4.78, 5) is 3.53. The minimum absolute atomic E-state index is 0.672. The second-order valence-electron chi connectivity index (χ2n) is 6.47. The second-order valence-corrected chi connectivity index (χ2v) is 6.47. The molecule has 1 aliphatic rings. The van der Waals surface area contributed by atoms with Crippen molar-refractivity contribution in [3.05, 3.63) is 77.8 Å². The average molecular weight is 322 g/mol. The van der Waals surface area contributed by atoms with Crippen molar-refractivity contribution in [3.8, 4) is 5.69 Å². The van der Waals surface area contributed by atoms with E-state index in [9.17, 15) is 0 Å². The molecule has 2 aromatic heterocycles. The lowest BCUT2D eigenvalue weighted by molar-refractivity contribution is -0.749. The molecule has 0 saturated carbocycles. The lowest BCUT2D eigenvalue weighted by atomic mass is 10.1. The highest BCUT2D eigenvalue weighted by Crippen LogP contribution is 2.35. The van der Waals surface area contributed by atoms with Gasteiger partial charge in [0.05, 0.1) is 12.0 Å². The third-order valence-corrected chi connectivity index (χ3v) is 5.05. The van der Waals surface area contributed by atoms with Crippen molar-refractivity contribution < 1.29 is 9.10 Å². The van der Waals surface area contributed by atoms with Crippen LogP contribution in [0.4, 0.5) is 5.69 Å². The molecule has 0 fully saturated rings. The van der Waals surface area contributed by atoms with E-state index in [1.54, 1.807) is 0 Å². The molecule has 1 aliphatic heterocycles. The first kappa shape index (κ1) is 12.8. The fraction of sp³-hybridized carbons (Fsp3) is 0.0476. The fourth-order valence-electron chi connectivity index (χ4n) is 3.95. The standard InChI is InChI=1S/C21H12N3O/c1-22-15-6-7-18-13(8-15)11-23-12-14-9-17-16-4-2-3-5-20(16)25-21(17)10-19(14)24(18)23/h2-11H,12H2/q+1. The zero-order valence-corrected chi connectivity index (χ0v) is 13.2. The van der Waals surface area contributed by atoms with Crippen LogP contribution in [0.15, 0.2) is 65.2 Å². The maximum atomic E-state index is 7.20. The van der Waals surface area contributed by atoms with E-state index in [1.807, 2.05) is 36.4 Å². The van der Waals surface area contributed by atoms with Crippen molar-refractivity contribution in [2.24, 2.45) is 0 Å². The van der Waals surface area contributed by atoms with Gasteiger partial charge in [-0.05, 0) is 24.3 Å². The van der Waals surface area contributed by atoms with Gasteiger partial charge in [0, 0.05) is 22.4 Å². The Morgan fingerprint density at radius 2 is 1.92 bits per heavy atom. The Balaban J connectivity index is 1.67. The van der Waals surface area contributed by atoms with E-state index in [0.717, 1.165) is 39.7 Å². The summed E-state index contributed by atoms with van der Waals surface area (Å²) in [7, 11) is 0. The van der Waals surface area contributed by atoms with Crippen LogP contribution in [0.2, 0.25) is 0 Å². The number of fused-ring (bicyclic) bond motifs is 8. The SMILES string of the molecule is [C-]#[N+]c1ccc2c(c1)c[n+]1n2-c2cc3oc4ccccc4c3cc2C1. The third kappa shape index (κ3) is 1.57. The smallest absolute Gasteiger partial charge is 0.203 e. The number of benzene rings is 3.